The van der Waals surface area contributed by atoms with Gasteiger partial charge in [0, 0.05) is 6.07 Å². The average molecular weight is 406 g/mol. The van der Waals surface area contributed by atoms with Gasteiger partial charge in [-0.2, -0.15) is 0 Å². The van der Waals surface area contributed by atoms with Crippen LogP contribution in [0.15, 0.2) is 53.0 Å². The van der Waals surface area contributed by atoms with Crippen molar-refractivity contribution in [2.24, 2.45) is 17.3 Å². The lowest BCUT2D eigenvalue weighted by molar-refractivity contribution is -0.147. The zero-order valence-corrected chi connectivity index (χ0v) is 16.9. The van der Waals surface area contributed by atoms with Crippen LogP contribution in [0, 0.1) is 24.2 Å². The number of aromatic nitrogens is 1. The first-order chi connectivity index (χ1) is 12.8. The van der Waals surface area contributed by atoms with Gasteiger partial charge in [-0.15, -0.1) is 0 Å². The molecule has 2 aromatic rings. The number of para-hydroxylation sites is 1. The van der Waals surface area contributed by atoms with Crippen molar-refractivity contribution in [3.05, 3.63) is 64.3 Å². The summed E-state index contributed by atoms with van der Waals surface area (Å²) in [5, 5.41) is 0. The monoisotopic (exact) mass is 405 g/mol. The van der Waals surface area contributed by atoms with Crippen LogP contribution in [0.2, 0.25) is 0 Å². The lowest BCUT2D eigenvalue weighted by Crippen LogP contribution is -2.12. The van der Waals surface area contributed by atoms with Crippen LogP contribution in [0.1, 0.15) is 25.1 Å². The number of pyridine rings is 1. The number of carbonyl (C=O) groups is 1. The Morgan fingerprint density at radius 3 is 2.56 bits per heavy atom. The number of hydrogen-bond donors (Lipinski definition) is 0. The number of benzene rings is 1. The lowest BCUT2D eigenvalue weighted by atomic mass is 10.1. The van der Waals surface area contributed by atoms with Gasteiger partial charge in [0.25, 0.3) is 0 Å². The highest BCUT2D eigenvalue weighted by Crippen LogP contribution is 2.60. The molecule has 0 N–H and O–H groups in total. The molecule has 3 rings (SSSR count). The van der Waals surface area contributed by atoms with E-state index in [1.165, 1.54) is 0 Å². The van der Waals surface area contributed by atoms with E-state index in [9.17, 15) is 4.79 Å². The number of aryl methyl sites for hydroxylation is 1. The molecule has 1 fully saturated rings. The first-order valence-electron chi connectivity index (χ1n) is 8.68. The van der Waals surface area contributed by atoms with E-state index >= 15 is 0 Å². The maximum atomic E-state index is 12.5. The highest BCUT2D eigenvalue weighted by Gasteiger charge is 2.61. The number of nitrogens with zero attached hydrogens (tertiary/aromatic N) is 1. The fraction of sp³-hybridized carbons (Fsp3) is 0.333. The average Bonchev–Trinajstić information content (AvgIpc) is 3.15. The van der Waals surface area contributed by atoms with Gasteiger partial charge in [0.05, 0.1) is 11.6 Å². The number of hydrogen-bond acceptors (Lipinski definition) is 4. The van der Waals surface area contributed by atoms with E-state index < -0.39 is 0 Å². The van der Waals surface area contributed by atoms with Crippen LogP contribution in [0.3, 0.4) is 0 Å². The molecular formula is C21H21Cl2NO3. The number of halogens is 2. The molecule has 142 valence electrons. The van der Waals surface area contributed by atoms with Gasteiger partial charge in [0.2, 0.25) is 5.88 Å². The molecule has 27 heavy (non-hydrogen) atoms. The van der Waals surface area contributed by atoms with Crippen LogP contribution in [-0.4, -0.2) is 11.0 Å². The van der Waals surface area contributed by atoms with Crippen LogP contribution in [0.25, 0.3) is 0 Å². The fourth-order valence-corrected chi connectivity index (χ4v) is 3.44. The minimum Gasteiger partial charge on any atom is -0.459 e. The summed E-state index contributed by atoms with van der Waals surface area (Å²) in [4.78, 5) is 16.9. The second kappa shape index (κ2) is 7.91. The van der Waals surface area contributed by atoms with Crippen molar-refractivity contribution < 1.29 is 14.3 Å². The second-order valence-corrected chi connectivity index (χ2v) is 8.22. The van der Waals surface area contributed by atoms with Gasteiger partial charge in [0.1, 0.15) is 16.8 Å². The molecule has 0 aliphatic heterocycles. The van der Waals surface area contributed by atoms with Crippen LogP contribution in [0.4, 0.5) is 0 Å². The molecule has 4 nitrogen and oxygen atoms in total. The Labute approximate surface area is 169 Å². The molecular weight excluding hydrogens is 385 g/mol. The van der Waals surface area contributed by atoms with Crippen molar-refractivity contribution >= 4 is 29.2 Å². The molecule has 0 spiro atoms. The van der Waals surface area contributed by atoms with E-state index in [-0.39, 0.29) is 34.3 Å². The number of rotatable bonds is 6. The van der Waals surface area contributed by atoms with Crippen molar-refractivity contribution in [1.82, 2.24) is 4.98 Å². The van der Waals surface area contributed by atoms with Crippen molar-refractivity contribution in [3.63, 3.8) is 0 Å². The topological polar surface area (TPSA) is 48.4 Å². The third kappa shape index (κ3) is 4.63. The van der Waals surface area contributed by atoms with E-state index in [0.717, 1.165) is 5.56 Å². The summed E-state index contributed by atoms with van der Waals surface area (Å²) < 4.78 is 11.4. The molecule has 1 aliphatic carbocycles. The van der Waals surface area contributed by atoms with Crippen molar-refractivity contribution in [2.45, 2.75) is 27.4 Å². The molecule has 0 amide bonds. The standard InChI is InChI=1S/C21H21Cl2NO3/c1-13-9-10-18(27-14-7-5-4-6-8-14)24-16(13)12-26-20(25)19-15(11-17(22)23)21(19,2)3/h4-11,15,19H,12H2,1-3H3. The SMILES string of the molecule is Cc1ccc(Oc2ccccc2)nc1COC(=O)C1C(C=C(Cl)Cl)C1(C)C. The Hall–Kier alpha value is -2.04. The van der Waals surface area contributed by atoms with Gasteiger partial charge in [0.15, 0.2) is 0 Å². The summed E-state index contributed by atoms with van der Waals surface area (Å²) in [7, 11) is 0. The Morgan fingerprint density at radius 1 is 1.19 bits per heavy atom. The van der Waals surface area contributed by atoms with Crippen LogP contribution in [0.5, 0.6) is 11.6 Å². The predicted octanol–water partition coefficient (Wildman–Crippen LogP) is 5.82. The molecule has 0 saturated heterocycles. The van der Waals surface area contributed by atoms with Crippen LogP contribution in [-0.2, 0) is 16.1 Å². The Kier molecular flexibility index (Phi) is 5.78. The molecule has 2 unspecified atom stereocenters. The summed E-state index contributed by atoms with van der Waals surface area (Å²) in [5.41, 5.74) is 1.38. The van der Waals surface area contributed by atoms with Gasteiger partial charge in [-0.25, -0.2) is 4.98 Å². The van der Waals surface area contributed by atoms with Crippen molar-refractivity contribution in [1.29, 1.82) is 0 Å². The van der Waals surface area contributed by atoms with E-state index in [1.54, 1.807) is 12.1 Å². The molecule has 0 radical (unpaired) electrons. The maximum absolute atomic E-state index is 12.5. The molecule has 1 aromatic heterocycles. The molecule has 2 atom stereocenters. The number of carbonyl (C=O) groups excluding carboxylic acids is 1. The van der Waals surface area contributed by atoms with E-state index in [4.69, 9.17) is 32.7 Å². The van der Waals surface area contributed by atoms with E-state index in [2.05, 4.69) is 4.98 Å². The normalized spacial score (nSPS) is 19.9. The smallest absolute Gasteiger partial charge is 0.310 e. The molecule has 1 aromatic carbocycles. The summed E-state index contributed by atoms with van der Waals surface area (Å²) in [5.74, 6) is 0.612. The quantitative estimate of drug-likeness (QED) is 0.568. The van der Waals surface area contributed by atoms with Gasteiger partial charge >= 0.3 is 5.97 Å². The summed E-state index contributed by atoms with van der Waals surface area (Å²) >= 11 is 11.5. The molecule has 0 bridgehead atoms. The van der Waals surface area contributed by atoms with Gasteiger partial charge in [-0.1, -0.05) is 61.3 Å². The van der Waals surface area contributed by atoms with Crippen molar-refractivity contribution in [3.8, 4) is 11.6 Å². The van der Waals surface area contributed by atoms with E-state index in [0.29, 0.717) is 17.3 Å². The summed E-state index contributed by atoms with van der Waals surface area (Å²) in [6, 6.07) is 13.1. The molecule has 1 heterocycles. The highest BCUT2D eigenvalue weighted by molar-refractivity contribution is 6.55. The van der Waals surface area contributed by atoms with Gasteiger partial charge < -0.3 is 9.47 Å². The third-order valence-corrected chi connectivity index (χ3v) is 5.22. The molecule has 1 saturated carbocycles. The second-order valence-electron chi connectivity index (χ2n) is 7.22. The highest BCUT2D eigenvalue weighted by atomic mass is 35.5. The largest absolute Gasteiger partial charge is 0.459 e. The van der Waals surface area contributed by atoms with Crippen LogP contribution >= 0.6 is 23.2 Å². The predicted molar refractivity (Wildman–Crippen MR) is 106 cm³/mol. The minimum absolute atomic E-state index is 0.0168. The first kappa shape index (κ1) is 19.7. The first-order valence-corrected chi connectivity index (χ1v) is 9.43. The van der Waals surface area contributed by atoms with Crippen LogP contribution < -0.4 is 4.74 Å². The molecule has 6 heteroatoms. The number of allylic oxidation sites excluding steroid dienone is 1. The third-order valence-electron chi connectivity index (χ3n) is 4.96. The Bertz CT molecular complexity index is 861. The minimum atomic E-state index is -0.272. The zero-order valence-electron chi connectivity index (χ0n) is 15.4. The lowest BCUT2D eigenvalue weighted by Gasteiger charge is -2.10. The fourth-order valence-electron chi connectivity index (χ4n) is 3.17. The summed E-state index contributed by atoms with van der Waals surface area (Å²) in [6.07, 6.45) is 1.70. The van der Waals surface area contributed by atoms with Gasteiger partial charge in [-0.3, -0.25) is 4.79 Å². The van der Waals surface area contributed by atoms with Crippen molar-refractivity contribution in [2.75, 3.05) is 0 Å². The Balaban J connectivity index is 1.65. The number of esters is 1. The maximum Gasteiger partial charge on any atom is 0.310 e. The molecule has 1 aliphatic rings. The van der Waals surface area contributed by atoms with Gasteiger partial charge in [-0.05, 0) is 42.0 Å². The zero-order chi connectivity index (χ0) is 19.6. The number of ether oxygens (including phenoxy) is 2. The van der Waals surface area contributed by atoms with E-state index in [1.807, 2.05) is 57.2 Å². The summed E-state index contributed by atoms with van der Waals surface area (Å²) in [6.45, 7) is 6.00. The Morgan fingerprint density at radius 2 is 1.89 bits per heavy atom.